The van der Waals surface area contributed by atoms with Crippen LogP contribution in [0.1, 0.15) is 17.4 Å². The van der Waals surface area contributed by atoms with Gasteiger partial charge in [0.1, 0.15) is 4.83 Å². The normalized spacial score (nSPS) is 11.0. The van der Waals surface area contributed by atoms with Crippen molar-refractivity contribution in [3.05, 3.63) is 75.4 Å². The van der Waals surface area contributed by atoms with Gasteiger partial charge in [0.05, 0.1) is 11.1 Å². The number of benzene rings is 2. The molecular formula is C23H21N3O2S2. The molecule has 0 atom stereocenters. The van der Waals surface area contributed by atoms with E-state index in [0.29, 0.717) is 15.4 Å². The van der Waals surface area contributed by atoms with Crippen LogP contribution >= 0.6 is 23.1 Å². The van der Waals surface area contributed by atoms with Crippen LogP contribution in [-0.2, 0) is 11.2 Å². The lowest BCUT2D eigenvalue weighted by atomic mass is 10.0. The number of aryl methyl sites for hydroxylation is 2. The van der Waals surface area contributed by atoms with E-state index in [-0.39, 0.29) is 17.2 Å². The summed E-state index contributed by atoms with van der Waals surface area (Å²) >= 11 is 2.72. The van der Waals surface area contributed by atoms with E-state index in [4.69, 9.17) is 0 Å². The number of fused-ring (bicyclic) bond motifs is 1. The maximum absolute atomic E-state index is 12.8. The number of amides is 1. The molecule has 0 aliphatic rings. The molecule has 0 saturated carbocycles. The summed E-state index contributed by atoms with van der Waals surface area (Å²) in [7, 11) is 0. The molecule has 2 aromatic heterocycles. The zero-order valence-corrected chi connectivity index (χ0v) is 18.3. The Morgan fingerprint density at radius 2 is 1.87 bits per heavy atom. The largest absolute Gasteiger partial charge is 0.325 e. The van der Waals surface area contributed by atoms with E-state index in [1.54, 1.807) is 0 Å². The highest BCUT2D eigenvalue weighted by molar-refractivity contribution is 7.99. The second-order valence-electron chi connectivity index (χ2n) is 6.84. The summed E-state index contributed by atoms with van der Waals surface area (Å²) < 4.78 is 0. The predicted octanol–water partition coefficient (Wildman–Crippen LogP) is 5.25. The summed E-state index contributed by atoms with van der Waals surface area (Å²) in [5.41, 5.74) is 3.73. The lowest BCUT2D eigenvalue weighted by Crippen LogP contribution is -2.15. The maximum atomic E-state index is 12.8. The number of anilines is 1. The van der Waals surface area contributed by atoms with Gasteiger partial charge in [0.25, 0.3) is 5.56 Å². The van der Waals surface area contributed by atoms with E-state index >= 15 is 0 Å². The quantitative estimate of drug-likeness (QED) is 0.320. The van der Waals surface area contributed by atoms with Gasteiger partial charge in [0.15, 0.2) is 5.16 Å². The summed E-state index contributed by atoms with van der Waals surface area (Å²) in [5, 5.41) is 3.93. The molecule has 152 valence electrons. The van der Waals surface area contributed by atoms with E-state index in [0.717, 1.165) is 28.1 Å². The Morgan fingerprint density at radius 3 is 2.57 bits per heavy atom. The standard InChI is InChI=1S/C23H21N3O2S2/c1-3-15-9-11-17(12-10-15)24-18(27)13-29-23-25-21(28)20-19(14(2)30-22(20)26-23)16-7-5-4-6-8-16/h4-12H,3,13H2,1-2H3,(H,24,27)(H,25,26,28). The topological polar surface area (TPSA) is 74.8 Å². The van der Waals surface area contributed by atoms with Crippen LogP contribution in [0.2, 0.25) is 0 Å². The molecule has 0 fully saturated rings. The van der Waals surface area contributed by atoms with Crippen molar-refractivity contribution in [2.75, 3.05) is 11.1 Å². The van der Waals surface area contributed by atoms with Gasteiger partial charge in [-0.15, -0.1) is 11.3 Å². The molecule has 4 aromatic rings. The molecule has 5 nitrogen and oxygen atoms in total. The summed E-state index contributed by atoms with van der Waals surface area (Å²) in [4.78, 5) is 34.2. The van der Waals surface area contributed by atoms with Gasteiger partial charge in [0.2, 0.25) is 5.91 Å². The van der Waals surface area contributed by atoms with Gasteiger partial charge in [-0.05, 0) is 36.6 Å². The molecule has 0 saturated heterocycles. The highest BCUT2D eigenvalue weighted by Gasteiger charge is 2.17. The highest BCUT2D eigenvalue weighted by atomic mass is 32.2. The number of thioether (sulfide) groups is 1. The Kier molecular flexibility index (Phi) is 6.01. The molecule has 0 radical (unpaired) electrons. The van der Waals surface area contributed by atoms with Crippen molar-refractivity contribution in [1.29, 1.82) is 0 Å². The number of aromatic nitrogens is 2. The van der Waals surface area contributed by atoms with E-state index < -0.39 is 0 Å². The van der Waals surface area contributed by atoms with Crippen molar-refractivity contribution in [2.45, 2.75) is 25.4 Å². The lowest BCUT2D eigenvalue weighted by molar-refractivity contribution is -0.113. The van der Waals surface area contributed by atoms with Crippen LogP contribution in [0.15, 0.2) is 64.5 Å². The third-order valence-corrected chi connectivity index (χ3v) is 6.64. The van der Waals surface area contributed by atoms with Crippen LogP contribution in [0, 0.1) is 6.92 Å². The molecule has 2 aromatic carbocycles. The number of nitrogens with zero attached hydrogens (tertiary/aromatic N) is 1. The van der Waals surface area contributed by atoms with Gasteiger partial charge in [-0.1, -0.05) is 61.2 Å². The fourth-order valence-electron chi connectivity index (χ4n) is 3.27. The third-order valence-electron chi connectivity index (χ3n) is 4.76. The van der Waals surface area contributed by atoms with Crippen molar-refractivity contribution < 1.29 is 4.79 Å². The maximum Gasteiger partial charge on any atom is 0.260 e. The first-order chi connectivity index (χ1) is 14.5. The zero-order chi connectivity index (χ0) is 21.1. The fourth-order valence-corrected chi connectivity index (χ4v) is 5.04. The lowest BCUT2D eigenvalue weighted by Gasteiger charge is -2.06. The second-order valence-corrected chi connectivity index (χ2v) is 9.01. The van der Waals surface area contributed by atoms with Gasteiger partial charge in [-0.2, -0.15) is 0 Å². The van der Waals surface area contributed by atoms with Gasteiger partial charge in [0, 0.05) is 16.1 Å². The molecule has 0 aliphatic carbocycles. The van der Waals surface area contributed by atoms with Crippen molar-refractivity contribution in [3.63, 3.8) is 0 Å². The highest BCUT2D eigenvalue weighted by Crippen LogP contribution is 2.35. The summed E-state index contributed by atoms with van der Waals surface area (Å²) in [5.74, 6) is 0.0270. The Morgan fingerprint density at radius 1 is 1.13 bits per heavy atom. The van der Waals surface area contributed by atoms with Gasteiger partial charge < -0.3 is 10.3 Å². The van der Waals surface area contributed by atoms with Crippen molar-refractivity contribution in [2.24, 2.45) is 0 Å². The summed E-state index contributed by atoms with van der Waals surface area (Å²) in [6.45, 7) is 4.09. The third kappa shape index (κ3) is 4.32. The van der Waals surface area contributed by atoms with Crippen molar-refractivity contribution >= 4 is 44.9 Å². The molecule has 0 bridgehead atoms. The summed E-state index contributed by atoms with van der Waals surface area (Å²) in [6.07, 6.45) is 0.958. The monoisotopic (exact) mass is 435 g/mol. The number of aromatic amines is 1. The van der Waals surface area contributed by atoms with E-state index in [1.807, 2.05) is 61.5 Å². The average Bonchev–Trinajstić information content (AvgIpc) is 3.10. The number of thiophene rings is 1. The van der Waals surface area contributed by atoms with Crippen LogP contribution in [-0.4, -0.2) is 21.6 Å². The van der Waals surface area contributed by atoms with E-state index in [9.17, 15) is 9.59 Å². The Labute approximate surface area is 182 Å². The molecule has 0 aliphatic heterocycles. The average molecular weight is 436 g/mol. The van der Waals surface area contributed by atoms with Gasteiger partial charge >= 0.3 is 0 Å². The molecule has 2 N–H and O–H groups in total. The molecule has 4 rings (SSSR count). The molecule has 1 amide bonds. The minimum Gasteiger partial charge on any atom is -0.325 e. The smallest absolute Gasteiger partial charge is 0.260 e. The second kappa shape index (κ2) is 8.85. The zero-order valence-electron chi connectivity index (χ0n) is 16.7. The molecular weight excluding hydrogens is 414 g/mol. The molecule has 0 unspecified atom stereocenters. The molecule has 7 heteroatoms. The molecule has 0 spiro atoms. The number of hydrogen-bond donors (Lipinski definition) is 2. The van der Waals surface area contributed by atoms with Crippen molar-refractivity contribution in [1.82, 2.24) is 9.97 Å². The number of nitrogens with one attached hydrogen (secondary N) is 2. The van der Waals surface area contributed by atoms with Crippen LogP contribution in [0.3, 0.4) is 0 Å². The summed E-state index contributed by atoms with van der Waals surface area (Å²) in [6, 6.07) is 17.6. The number of H-pyrrole nitrogens is 1. The number of carbonyl (C=O) groups is 1. The number of rotatable bonds is 6. The number of hydrogen-bond acceptors (Lipinski definition) is 5. The van der Waals surface area contributed by atoms with E-state index in [1.165, 1.54) is 28.7 Å². The SMILES string of the molecule is CCc1ccc(NC(=O)CSc2nc3sc(C)c(-c4ccccc4)c3c(=O)[nH]2)cc1. The Bertz CT molecular complexity index is 1250. The fraction of sp³-hybridized carbons (Fsp3) is 0.174. The van der Waals surface area contributed by atoms with Crippen LogP contribution in [0.5, 0.6) is 0 Å². The van der Waals surface area contributed by atoms with Crippen LogP contribution < -0.4 is 10.9 Å². The van der Waals surface area contributed by atoms with Gasteiger partial charge in [-0.3, -0.25) is 9.59 Å². The minimum atomic E-state index is -0.179. The first-order valence-electron chi connectivity index (χ1n) is 9.65. The predicted molar refractivity (Wildman–Crippen MR) is 126 cm³/mol. The van der Waals surface area contributed by atoms with E-state index in [2.05, 4.69) is 22.2 Å². The first-order valence-corrected chi connectivity index (χ1v) is 11.5. The van der Waals surface area contributed by atoms with Gasteiger partial charge in [-0.25, -0.2) is 4.98 Å². The Balaban J connectivity index is 1.51. The number of carbonyl (C=O) groups excluding carboxylic acids is 1. The van der Waals surface area contributed by atoms with Crippen molar-refractivity contribution in [3.8, 4) is 11.1 Å². The minimum absolute atomic E-state index is 0.140. The van der Waals surface area contributed by atoms with Crippen LogP contribution in [0.4, 0.5) is 5.69 Å². The first kappa shape index (κ1) is 20.4. The molecule has 30 heavy (non-hydrogen) atoms. The Hall–Kier alpha value is -2.90. The molecule has 2 heterocycles. The van der Waals surface area contributed by atoms with Crippen LogP contribution in [0.25, 0.3) is 21.3 Å².